The van der Waals surface area contributed by atoms with E-state index in [1.807, 2.05) is 23.1 Å². The third-order valence-corrected chi connectivity index (χ3v) is 7.85. The maximum Gasteiger partial charge on any atom is 0.331 e. The Bertz CT molecular complexity index is 1520. The highest BCUT2D eigenvalue weighted by atomic mass is 35.5. The summed E-state index contributed by atoms with van der Waals surface area (Å²) in [5.74, 6) is -0.940. The van der Waals surface area contributed by atoms with Crippen molar-refractivity contribution in [2.75, 3.05) is 19.6 Å². The molecule has 0 aliphatic carbocycles. The second-order valence-corrected chi connectivity index (χ2v) is 10.2. The lowest BCUT2D eigenvalue weighted by atomic mass is 10.0. The highest BCUT2D eigenvalue weighted by Crippen LogP contribution is 2.26. The molecule has 198 valence electrons. The van der Waals surface area contributed by atoms with Crippen LogP contribution in [-0.4, -0.2) is 56.4 Å². The van der Waals surface area contributed by atoms with Crippen LogP contribution in [-0.2, 0) is 36.0 Å². The highest BCUT2D eigenvalue weighted by Gasteiger charge is 2.31. The Morgan fingerprint density at radius 1 is 0.974 bits per heavy atom. The molecule has 0 saturated carbocycles. The number of amides is 2. The zero-order chi connectivity index (χ0) is 27.0. The fraction of sp³-hybridized carbons (Fsp3) is 0.357. The van der Waals surface area contributed by atoms with Crippen molar-refractivity contribution in [3.63, 3.8) is 0 Å². The van der Waals surface area contributed by atoms with E-state index >= 15 is 0 Å². The number of fused-ring (bicyclic) bond motifs is 1. The molecule has 10 heteroatoms. The van der Waals surface area contributed by atoms with Gasteiger partial charge in [0.25, 0.3) is 5.56 Å². The van der Waals surface area contributed by atoms with E-state index in [2.05, 4.69) is 6.07 Å². The minimum atomic E-state index is -0.768. The van der Waals surface area contributed by atoms with Crippen LogP contribution in [0, 0.1) is 5.82 Å². The van der Waals surface area contributed by atoms with Crippen molar-refractivity contribution in [3.8, 4) is 11.1 Å². The summed E-state index contributed by atoms with van der Waals surface area (Å²) in [4.78, 5) is 55.2. The molecule has 0 bridgehead atoms. The topological polar surface area (TPSA) is 84.6 Å². The first-order valence-electron chi connectivity index (χ1n) is 12.6. The summed E-state index contributed by atoms with van der Waals surface area (Å²) in [7, 11) is 1.29. The van der Waals surface area contributed by atoms with Crippen LogP contribution in [0.25, 0.3) is 11.1 Å². The Morgan fingerprint density at radius 2 is 1.68 bits per heavy atom. The van der Waals surface area contributed by atoms with Gasteiger partial charge in [-0.1, -0.05) is 48.0 Å². The van der Waals surface area contributed by atoms with Gasteiger partial charge in [0.05, 0.1) is 17.0 Å². The third-order valence-electron chi connectivity index (χ3n) is 7.56. The van der Waals surface area contributed by atoms with Crippen LogP contribution in [0.4, 0.5) is 4.39 Å². The van der Waals surface area contributed by atoms with Crippen LogP contribution in [0.3, 0.4) is 0 Å². The Labute approximate surface area is 223 Å². The van der Waals surface area contributed by atoms with Crippen molar-refractivity contribution in [2.45, 2.75) is 38.3 Å². The van der Waals surface area contributed by atoms with Crippen LogP contribution < -0.4 is 11.2 Å². The molecule has 3 heterocycles. The summed E-state index contributed by atoms with van der Waals surface area (Å²) >= 11 is 5.88. The molecule has 5 rings (SSSR count). The Hall–Kier alpha value is -3.72. The molecule has 1 fully saturated rings. The summed E-state index contributed by atoms with van der Waals surface area (Å²) in [6, 6.07) is 12.4. The molecule has 1 aromatic heterocycles. The van der Waals surface area contributed by atoms with E-state index < -0.39 is 17.1 Å². The van der Waals surface area contributed by atoms with Crippen molar-refractivity contribution < 1.29 is 14.0 Å². The zero-order valence-electron chi connectivity index (χ0n) is 21.0. The summed E-state index contributed by atoms with van der Waals surface area (Å²) < 4.78 is 16.6. The first-order chi connectivity index (χ1) is 18.2. The van der Waals surface area contributed by atoms with Gasteiger partial charge in [0, 0.05) is 44.5 Å². The standard InChI is InChI=1S/C28H28ClFN4O4/c1-31-27(37)22(21-7-4-8-23(29)26(21)30)16-33(28(31)38)17-25(36)32-12-10-20(11-13-32)34-14-9-18-5-2-3-6-19(18)15-24(34)35/h2-8,16,20H,9-15,17H2,1H3. The zero-order valence-corrected chi connectivity index (χ0v) is 21.8. The summed E-state index contributed by atoms with van der Waals surface area (Å²) in [5.41, 5.74) is 0.843. The van der Waals surface area contributed by atoms with Crippen molar-refractivity contribution in [1.82, 2.24) is 18.9 Å². The van der Waals surface area contributed by atoms with Crippen LogP contribution in [0.5, 0.6) is 0 Å². The number of aromatic nitrogens is 2. The molecule has 8 nitrogen and oxygen atoms in total. The number of piperidine rings is 1. The van der Waals surface area contributed by atoms with Crippen molar-refractivity contribution in [1.29, 1.82) is 0 Å². The molecule has 0 spiro atoms. The average Bonchev–Trinajstić information content (AvgIpc) is 3.09. The van der Waals surface area contributed by atoms with Gasteiger partial charge in [-0.3, -0.25) is 23.5 Å². The number of carbonyl (C=O) groups is 2. The molecule has 2 aromatic carbocycles. The van der Waals surface area contributed by atoms with Crippen LogP contribution in [0.15, 0.2) is 58.3 Å². The quantitative estimate of drug-likeness (QED) is 0.511. The van der Waals surface area contributed by atoms with Crippen LogP contribution in [0.1, 0.15) is 24.0 Å². The Kier molecular flexibility index (Phi) is 7.21. The molecule has 1 saturated heterocycles. The highest BCUT2D eigenvalue weighted by molar-refractivity contribution is 6.31. The van der Waals surface area contributed by atoms with E-state index in [1.165, 1.54) is 37.0 Å². The molecular formula is C28H28ClFN4O4. The second kappa shape index (κ2) is 10.6. The first-order valence-corrected chi connectivity index (χ1v) is 13.0. The predicted octanol–water partition coefficient (Wildman–Crippen LogP) is 2.62. The van der Waals surface area contributed by atoms with Crippen molar-refractivity contribution in [3.05, 3.63) is 91.5 Å². The fourth-order valence-electron chi connectivity index (χ4n) is 5.40. The minimum Gasteiger partial charge on any atom is -0.341 e. The monoisotopic (exact) mass is 538 g/mol. The van der Waals surface area contributed by atoms with Crippen molar-refractivity contribution in [2.24, 2.45) is 7.05 Å². The first kappa shape index (κ1) is 25.9. The lowest BCUT2D eigenvalue weighted by Gasteiger charge is -2.38. The van der Waals surface area contributed by atoms with Gasteiger partial charge in [0.2, 0.25) is 11.8 Å². The summed E-state index contributed by atoms with van der Waals surface area (Å²) in [5, 5.41) is -0.145. The van der Waals surface area contributed by atoms with E-state index in [1.54, 1.807) is 4.90 Å². The molecule has 2 aliphatic rings. The largest absolute Gasteiger partial charge is 0.341 e. The number of rotatable bonds is 4. The van der Waals surface area contributed by atoms with Crippen molar-refractivity contribution >= 4 is 23.4 Å². The Balaban J connectivity index is 1.28. The molecular weight excluding hydrogens is 511 g/mol. The van der Waals surface area contributed by atoms with Gasteiger partial charge in [-0.25, -0.2) is 9.18 Å². The molecule has 2 amide bonds. The smallest absolute Gasteiger partial charge is 0.331 e. The lowest BCUT2D eigenvalue weighted by Crippen LogP contribution is -2.50. The number of likely N-dealkylation sites (tertiary alicyclic amines) is 1. The predicted molar refractivity (Wildman–Crippen MR) is 142 cm³/mol. The van der Waals surface area contributed by atoms with Gasteiger partial charge >= 0.3 is 5.69 Å². The van der Waals surface area contributed by atoms with Gasteiger partial charge in [-0.2, -0.15) is 0 Å². The third kappa shape index (κ3) is 4.90. The van der Waals surface area contributed by atoms with Crippen LogP contribution >= 0.6 is 11.6 Å². The maximum atomic E-state index is 14.6. The number of benzene rings is 2. The van der Waals surface area contributed by atoms with Crippen LogP contribution in [0.2, 0.25) is 5.02 Å². The number of halogens is 2. The van der Waals surface area contributed by atoms with E-state index in [9.17, 15) is 23.6 Å². The van der Waals surface area contributed by atoms with Gasteiger partial charge < -0.3 is 9.80 Å². The summed E-state index contributed by atoms with van der Waals surface area (Å²) in [6.07, 6.45) is 3.72. The van der Waals surface area contributed by atoms with Gasteiger partial charge in [-0.15, -0.1) is 0 Å². The maximum absolute atomic E-state index is 14.6. The molecule has 0 N–H and O–H groups in total. The van der Waals surface area contributed by atoms with E-state index in [0.717, 1.165) is 21.1 Å². The minimum absolute atomic E-state index is 0.0376. The lowest BCUT2D eigenvalue weighted by molar-refractivity contribution is -0.136. The molecule has 0 atom stereocenters. The van der Waals surface area contributed by atoms with Gasteiger partial charge in [0.15, 0.2) is 0 Å². The van der Waals surface area contributed by atoms with E-state index in [-0.39, 0.29) is 40.6 Å². The number of hydrogen-bond acceptors (Lipinski definition) is 4. The number of carbonyl (C=O) groups excluding carboxylic acids is 2. The average molecular weight is 539 g/mol. The molecule has 0 radical (unpaired) electrons. The molecule has 2 aliphatic heterocycles. The number of nitrogens with zero attached hydrogens (tertiary/aromatic N) is 4. The molecule has 38 heavy (non-hydrogen) atoms. The number of hydrogen-bond donors (Lipinski definition) is 0. The van der Waals surface area contributed by atoms with E-state index in [0.29, 0.717) is 38.9 Å². The fourth-order valence-corrected chi connectivity index (χ4v) is 5.57. The normalized spacial score (nSPS) is 16.3. The SMILES string of the molecule is Cn1c(=O)c(-c2cccc(Cl)c2F)cn(CC(=O)N2CCC(N3CCc4ccccc4CC3=O)CC2)c1=O. The second-order valence-electron chi connectivity index (χ2n) is 9.81. The molecule has 3 aromatic rings. The van der Waals surface area contributed by atoms with Gasteiger partial charge in [0.1, 0.15) is 12.4 Å². The molecule has 0 unspecified atom stereocenters. The summed E-state index contributed by atoms with van der Waals surface area (Å²) in [6.45, 7) is 1.28. The Morgan fingerprint density at radius 3 is 2.42 bits per heavy atom. The van der Waals surface area contributed by atoms with Gasteiger partial charge in [-0.05, 0) is 36.5 Å². The van der Waals surface area contributed by atoms with E-state index in [4.69, 9.17) is 11.6 Å².